The number of carbonyl (C=O) groups is 1. The molecule has 2 aromatic carbocycles. The molecule has 2 heterocycles. The number of aromatic nitrogens is 1. The van der Waals surface area contributed by atoms with Crippen molar-refractivity contribution in [3.05, 3.63) is 60.3 Å². The van der Waals surface area contributed by atoms with Gasteiger partial charge in [-0.15, -0.1) is 0 Å². The van der Waals surface area contributed by atoms with Crippen molar-refractivity contribution in [1.29, 1.82) is 0 Å². The van der Waals surface area contributed by atoms with Crippen molar-refractivity contribution in [1.82, 2.24) is 9.88 Å². The van der Waals surface area contributed by atoms with Crippen molar-refractivity contribution in [2.75, 3.05) is 27.3 Å². The Morgan fingerprint density at radius 2 is 1.93 bits per heavy atom. The van der Waals surface area contributed by atoms with E-state index >= 15 is 0 Å². The number of hydrogen-bond donors (Lipinski definition) is 0. The molecule has 1 unspecified atom stereocenters. The zero-order valence-corrected chi connectivity index (χ0v) is 15.9. The van der Waals surface area contributed by atoms with E-state index in [1.807, 2.05) is 30.3 Å². The molecule has 1 aromatic heterocycles. The molecule has 6 heteroatoms. The molecule has 1 amide bonds. The second-order valence-corrected chi connectivity index (χ2v) is 6.68. The fourth-order valence-corrected chi connectivity index (χ4v) is 3.51. The van der Waals surface area contributed by atoms with Gasteiger partial charge in [-0.1, -0.05) is 18.2 Å². The van der Waals surface area contributed by atoms with E-state index in [1.54, 1.807) is 43.5 Å². The van der Waals surface area contributed by atoms with Gasteiger partial charge in [-0.3, -0.25) is 9.78 Å². The van der Waals surface area contributed by atoms with Crippen LogP contribution in [0.15, 0.2) is 54.7 Å². The molecule has 1 aliphatic rings. The summed E-state index contributed by atoms with van der Waals surface area (Å²) < 4.78 is 16.8. The average molecular weight is 378 g/mol. The Hall–Kier alpha value is -3.28. The van der Waals surface area contributed by atoms with Gasteiger partial charge in [-0.05, 0) is 24.3 Å². The Morgan fingerprint density at radius 1 is 1.07 bits per heavy atom. The summed E-state index contributed by atoms with van der Waals surface area (Å²) in [6.45, 7) is 1.16. The standard InChI is InChI=1S/C22H22N2O4/c1-26-16-8-9-18(20(13-16)27-2)22(25)24-12-10-17(14-24)28-19-7-3-5-15-6-4-11-23-21(15)19/h3-9,11,13,17H,10,12,14H2,1-2H3. The lowest BCUT2D eigenvalue weighted by molar-refractivity contribution is 0.0769. The quantitative estimate of drug-likeness (QED) is 0.680. The largest absolute Gasteiger partial charge is 0.497 e. The third kappa shape index (κ3) is 3.45. The summed E-state index contributed by atoms with van der Waals surface area (Å²) in [5.74, 6) is 1.84. The summed E-state index contributed by atoms with van der Waals surface area (Å²) >= 11 is 0. The summed E-state index contributed by atoms with van der Waals surface area (Å²) in [5, 5.41) is 1.04. The molecule has 6 nitrogen and oxygen atoms in total. The fourth-order valence-electron chi connectivity index (χ4n) is 3.51. The Bertz CT molecular complexity index is 999. The van der Waals surface area contributed by atoms with E-state index in [9.17, 15) is 4.79 Å². The minimum atomic E-state index is -0.0687. The highest BCUT2D eigenvalue weighted by Gasteiger charge is 2.30. The summed E-state index contributed by atoms with van der Waals surface area (Å²) in [7, 11) is 3.13. The van der Waals surface area contributed by atoms with Gasteiger partial charge < -0.3 is 19.1 Å². The van der Waals surface area contributed by atoms with Crippen molar-refractivity contribution >= 4 is 16.8 Å². The van der Waals surface area contributed by atoms with Crippen LogP contribution in [0.1, 0.15) is 16.8 Å². The van der Waals surface area contributed by atoms with Gasteiger partial charge in [0.1, 0.15) is 28.9 Å². The Morgan fingerprint density at radius 3 is 2.75 bits per heavy atom. The minimum Gasteiger partial charge on any atom is -0.497 e. The van der Waals surface area contributed by atoms with Crippen LogP contribution in [0, 0.1) is 0 Å². The van der Waals surface area contributed by atoms with Crippen LogP contribution in [0.5, 0.6) is 17.2 Å². The first-order valence-electron chi connectivity index (χ1n) is 9.21. The number of rotatable bonds is 5. The van der Waals surface area contributed by atoms with Crippen LogP contribution in [-0.2, 0) is 0 Å². The zero-order chi connectivity index (χ0) is 19.5. The van der Waals surface area contributed by atoms with E-state index in [0.29, 0.717) is 30.2 Å². The smallest absolute Gasteiger partial charge is 0.257 e. The van der Waals surface area contributed by atoms with Crippen molar-refractivity contribution in [2.24, 2.45) is 0 Å². The lowest BCUT2D eigenvalue weighted by atomic mass is 10.1. The van der Waals surface area contributed by atoms with E-state index in [1.165, 1.54) is 0 Å². The zero-order valence-electron chi connectivity index (χ0n) is 15.9. The topological polar surface area (TPSA) is 60.9 Å². The number of para-hydroxylation sites is 1. The number of benzene rings is 2. The van der Waals surface area contributed by atoms with Gasteiger partial charge >= 0.3 is 0 Å². The van der Waals surface area contributed by atoms with Crippen LogP contribution in [0.4, 0.5) is 0 Å². The number of pyridine rings is 1. The third-order valence-corrected chi connectivity index (χ3v) is 4.96. The second kappa shape index (κ2) is 7.76. The van der Waals surface area contributed by atoms with Crippen LogP contribution in [-0.4, -0.2) is 49.2 Å². The van der Waals surface area contributed by atoms with Gasteiger partial charge in [0, 0.05) is 30.6 Å². The van der Waals surface area contributed by atoms with Crippen LogP contribution in [0.2, 0.25) is 0 Å². The van der Waals surface area contributed by atoms with Crippen LogP contribution in [0.3, 0.4) is 0 Å². The van der Waals surface area contributed by atoms with Crippen molar-refractivity contribution in [2.45, 2.75) is 12.5 Å². The second-order valence-electron chi connectivity index (χ2n) is 6.68. The van der Waals surface area contributed by atoms with E-state index in [-0.39, 0.29) is 12.0 Å². The minimum absolute atomic E-state index is 0.0679. The molecule has 0 bridgehead atoms. The number of amides is 1. The first-order valence-corrected chi connectivity index (χ1v) is 9.21. The van der Waals surface area contributed by atoms with Crippen molar-refractivity contribution < 1.29 is 19.0 Å². The Labute approximate surface area is 163 Å². The third-order valence-electron chi connectivity index (χ3n) is 4.96. The summed E-state index contributed by atoms with van der Waals surface area (Å²) in [6, 6.07) is 15.0. The number of likely N-dealkylation sites (tertiary alicyclic amines) is 1. The van der Waals surface area contributed by atoms with E-state index < -0.39 is 0 Å². The van der Waals surface area contributed by atoms with Crippen LogP contribution >= 0.6 is 0 Å². The maximum absolute atomic E-state index is 13.0. The summed E-state index contributed by atoms with van der Waals surface area (Å²) in [4.78, 5) is 19.2. The van der Waals surface area contributed by atoms with Gasteiger partial charge in [-0.25, -0.2) is 0 Å². The highest BCUT2D eigenvalue weighted by Crippen LogP contribution is 2.29. The number of carbonyl (C=O) groups excluding carboxylic acids is 1. The molecule has 144 valence electrons. The molecular weight excluding hydrogens is 356 g/mol. The number of fused-ring (bicyclic) bond motifs is 1. The molecule has 1 saturated heterocycles. The highest BCUT2D eigenvalue weighted by molar-refractivity contribution is 5.97. The first-order chi connectivity index (χ1) is 13.7. The van der Waals surface area contributed by atoms with Crippen molar-refractivity contribution in [3.8, 4) is 17.2 Å². The Kier molecular flexibility index (Phi) is 5.02. The van der Waals surface area contributed by atoms with E-state index in [4.69, 9.17) is 14.2 Å². The predicted molar refractivity (Wildman–Crippen MR) is 106 cm³/mol. The SMILES string of the molecule is COc1ccc(C(=O)N2CCC(Oc3cccc4cccnc34)C2)c(OC)c1. The molecule has 28 heavy (non-hydrogen) atoms. The summed E-state index contributed by atoms with van der Waals surface area (Å²) in [6.07, 6.45) is 2.46. The van der Waals surface area contributed by atoms with Gasteiger partial charge in [0.25, 0.3) is 5.91 Å². The molecule has 4 rings (SSSR count). The molecule has 0 radical (unpaired) electrons. The van der Waals surface area contributed by atoms with Crippen LogP contribution < -0.4 is 14.2 Å². The molecule has 1 fully saturated rings. The number of methoxy groups -OCH3 is 2. The summed E-state index contributed by atoms with van der Waals surface area (Å²) in [5.41, 5.74) is 1.36. The fraction of sp³-hybridized carbons (Fsp3) is 0.273. The monoisotopic (exact) mass is 378 g/mol. The average Bonchev–Trinajstić information content (AvgIpc) is 3.21. The molecule has 0 N–H and O–H groups in total. The van der Waals surface area contributed by atoms with Gasteiger partial charge in [0.15, 0.2) is 0 Å². The van der Waals surface area contributed by atoms with Gasteiger partial charge in [0.2, 0.25) is 0 Å². The lowest BCUT2D eigenvalue weighted by Gasteiger charge is -2.19. The normalized spacial score (nSPS) is 16.2. The maximum Gasteiger partial charge on any atom is 0.257 e. The number of hydrogen-bond acceptors (Lipinski definition) is 5. The first kappa shape index (κ1) is 18.1. The molecular formula is C22H22N2O4. The molecule has 3 aromatic rings. The number of nitrogens with zero attached hydrogens (tertiary/aromatic N) is 2. The predicted octanol–water partition coefficient (Wildman–Crippen LogP) is 3.55. The maximum atomic E-state index is 13.0. The van der Waals surface area contributed by atoms with Gasteiger partial charge in [-0.2, -0.15) is 0 Å². The van der Waals surface area contributed by atoms with Gasteiger partial charge in [0.05, 0.1) is 26.3 Å². The highest BCUT2D eigenvalue weighted by atomic mass is 16.5. The molecule has 1 aliphatic heterocycles. The molecule has 1 atom stereocenters. The molecule has 0 spiro atoms. The van der Waals surface area contributed by atoms with Crippen molar-refractivity contribution in [3.63, 3.8) is 0 Å². The molecule has 0 saturated carbocycles. The van der Waals surface area contributed by atoms with E-state index in [2.05, 4.69) is 4.98 Å². The van der Waals surface area contributed by atoms with Crippen LogP contribution in [0.25, 0.3) is 10.9 Å². The Balaban J connectivity index is 1.49. The molecule has 0 aliphatic carbocycles. The van der Waals surface area contributed by atoms with E-state index in [0.717, 1.165) is 23.1 Å². The number of ether oxygens (including phenoxy) is 3. The lowest BCUT2D eigenvalue weighted by Crippen LogP contribution is -2.31.